The second kappa shape index (κ2) is 9.64. The van der Waals surface area contributed by atoms with Crippen molar-refractivity contribution < 1.29 is 9.47 Å². The Morgan fingerprint density at radius 1 is 0.963 bits per heavy atom. The molecule has 0 saturated heterocycles. The van der Waals surface area contributed by atoms with Gasteiger partial charge in [0.15, 0.2) is 11.5 Å². The van der Waals surface area contributed by atoms with Crippen LogP contribution in [-0.4, -0.2) is 13.3 Å². The molecular weight excluding hydrogens is 360 g/mol. The monoisotopic (exact) mass is 380 g/mol. The third kappa shape index (κ3) is 5.50. The van der Waals surface area contributed by atoms with Gasteiger partial charge in [0, 0.05) is 10.6 Å². The van der Waals surface area contributed by atoms with Gasteiger partial charge in [0.2, 0.25) is 0 Å². The summed E-state index contributed by atoms with van der Waals surface area (Å²) in [6.45, 7) is 1.03. The molecule has 3 rings (SSSR count). The van der Waals surface area contributed by atoms with Crippen molar-refractivity contribution >= 4 is 17.8 Å². The fraction of sp³-hybridized carbons (Fsp3) is 0.136. The van der Waals surface area contributed by atoms with Crippen molar-refractivity contribution in [3.8, 4) is 11.5 Å². The Kier molecular flexibility index (Phi) is 6.72. The smallest absolute Gasteiger partial charge is 0.162 e. The van der Waals surface area contributed by atoms with Crippen LogP contribution in [0.3, 0.4) is 0 Å². The van der Waals surface area contributed by atoms with E-state index in [0.29, 0.717) is 29.7 Å². The molecule has 0 amide bonds. The lowest BCUT2D eigenvalue weighted by Crippen LogP contribution is -2.05. The molecule has 4 nitrogen and oxygen atoms in total. The van der Waals surface area contributed by atoms with Crippen LogP contribution in [0.15, 0.2) is 77.9 Å². The van der Waals surface area contributed by atoms with Gasteiger partial charge in [-0.1, -0.05) is 60.1 Å². The van der Waals surface area contributed by atoms with Crippen LogP contribution in [0.25, 0.3) is 0 Å². The van der Waals surface area contributed by atoms with Crippen LogP contribution >= 0.6 is 11.6 Å². The number of halogens is 1. The fourth-order valence-corrected chi connectivity index (χ4v) is 2.70. The summed E-state index contributed by atoms with van der Waals surface area (Å²) in [4.78, 5) is 0. The lowest BCUT2D eigenvalue weighted by Gasteiger charge is -2.12. The molecule has 0 aliphatic heterocycles. The van der Waals surface area contributed by atoms with Crippen molar-refractivity contribution in [2.75, 3.05) is 7.11 Å². The Hall–Kier alpha value is -2.98. The van der Waals surface area contributed by atoms with E-state index < -0.39 is 0 Å². The predicted octanol–water partition coefficient (Wildman–Crippen LogP) is 5.05. The molecule has 0 atom stereocenters. The Balaban J connectivity index is 1.64. The Labute approximate surface area is 164 Å². The van der Waals surface area contributed by atoms with Crippen molar-refractivity contribution in [3.63, 3.8) is 0 Å². The summed E-state index contributed by atoms with van der Waals surface area (Å²) >= 11 is 6.19. The van der Waals surface area contributed by atoms with Crippen molar-refractivity contribution in [2.24, 2.45) is 5.10 Å². The molecule has 1 N–H and O–H groups in total. The van der Waals surface area contributed by atoms with E-state index in [1.807, 2.05) is 60.7 Å². The van der Waals surface area contributed by atoms with Gasteiger partial charge in [0.1, 0.15) is 6.61 Å². The first kappa shape index (κ1) is 18.8. The number of nitrogens with zero attached hydrogens (tertiary/aromatic N) is 1. The highest BCUT2D eigenvalue weighted by Gasteiger charge is 2.07. The van der Waals surface area contributed by atoms with Gasteiger partial charge in [-0.05, 0) is 35.4 Å². The SMILES string of the molecule is COc1ccc(C=NNCc2ccccc2)cc1OCc1ccccc1Cl. The van der Waals surface area contributed by atoms with Crippen molar-refractivity contribution in [1.29, 1.82) is 0 Å². The van der Waals surface area contributed by atoms with Crippen molar-refractivity contribution in [1.82, 2.24) is 5.43 Å². The van der Waals surface area contributed by atoms with Crippen LogP contribution in [-0.2, 0) is 13.2 Å². The number of hydrogen-bond donors (Lipinski definition) is 1. The second-order valence-electron chi connectivity index (χ2n) is 5.87. The molecule has 27 heavy (non-hydrogen) atoms. The molecule has 5 heteroatoms. The second-order valence-corrected chi connectivity index (χ2v) is 6.28. The van der Waals surface area contributed by atoms with Gasteiger partial charge in [-0.25, -0.2) is 0 Å². The summed E-state index contributed by atoms with van der Waals surface area (Å²) in [5.74, 6) is 1.31. The molecule has 0 aliphatic carbocycles. The van der Waals surface area contributed by atoms with Crippen molar-refractivity contribution in [3.05, 3.63) is 94.5 Å². The average Bonchev–Trinajstić information content (AvgIpc) is 2.71. The maximum atomic E-state index is 6.19. The first-order valence-corrected chi connectivity index (χ1v) is 8.98. The number of ether oxygens (including phenoxy) is 2. The van der Waals surface area contributed by atoms with Crippen molar-refractivity contribution in [2.45, 2.75) is 13.2 Å². The Morgan fingerprint density at radius 2 is 1.74 bits per heavy atom. The zero-order valence-electron chi connectivity index (χ0n) is 15.1. The molecule has 0 saturated carbocycles. The molecule has 3 aromatic carbocycles. The van der Waals surface area contributed by atoms with E-state index in [2.05, 4.69) is 22.7 Å². The standard InChI is InChI=1S/C22H21ClN2O2/c1-26-21-12-11-18(15-25-24-14-17-7-3-2-4-8-17)13-22(21)27-16-19-9-5-6-10-20(19)23/h2-13,15,24H,14,16H2,1H3. The molecule has 3 aromatic rings. The minimum atomic E-state index is 0.364. The van der Waals surface area contributed by atoms with Gasteiger partial charge >= 0.3 is 0 Å². The average molecular weight is 381 g/mol. The molecule has 0 aliphatic rings. The normalized spacial score (nSPS) is 10.7. The van der Waals surface area contributed by atoms with Gasteiger partial charge in [-0.3, -0.25) is 0 Å². The minimum absolute atomic E-state index is 0.364. The highest BCUT2D eigenvalue weighted by Crippen LogP contribution is 2.29. The van der Waals surface area contributed by atoms with Gasteiger partial charge < -0.3 is 14.9 Å². The van der Waals surface area contributed by atoms with Gasteiger partial charge in [0.05, 0.1) is 19.9 Å². The molecule has 0 heterocycles. The van der Waals surface area contributed by atoms with Crippen LogP contribution in [0.1, 0.15) is 16.7 Å². The largest absolute Gasteiger partial charge is 0.493 e. The third-order valence-corrected chi connectivity index (χ3v) is 4.33. The fourth-order valence-electron chi connectivity index (χ4n) is 2.51. The van der Waals surface area contributed by atoms with E-state index >= 15 is 0 Å². The van der Waals surface area contributed by atoms with E-state index in [4.69, 9.17) is 21.1 Å². The zero-order chi connectivity index (χ0) is 18.9. The molecule has 138 valence electrons. The molecule has 0 spiro atoms. The topological polar surface area (TPSA) is 42.8 Å². The summed E-state index contributed by atoms with van der Waals surface area (Å²) in [6.07, 6.45) is 1.75. The number of hydrazone groups is 1. The summed E-state index contributed by atoms with van der Waals surface area (Å²) in [5, 5.41) is 4.95. The Bertz CT molecular complexity index is 898. The summed E-state index contributed by atoms with van der Waals surface area (Å²) in [5.41, 5.74) is 6.05. The maximum Gasteiger partial charge on any atom is 0.162 e. The lowest BCUT2D eigenvalue weighted by atomic mass is 10.2. The maximum absolute atomic E-state index is 6.19. The summed E-state index contributed by atoms with van der Waals surface area (Å²) in [7, 11) is 1.62. The van der Waals surface area contributed by atoms with E-state index in [-0.39, 0.29) is 0 Å². The van der Waals surface area contributed by atoms with Gasteiger partial charge in [-0.2, -0.15) is 5.10 Å². The quantitative estimate of drug-likeness (QED) is 0.439. The number of hydrogen-bond acceptors (Lipinski definition) is 4. The summed E-state index contributed by atoms with van der Waals surface area (Å²) < 4.78 is 11.3. The zero-order valence-corrected chi connectivity index (χ0v) is 15.8. The molecule has 0 bridgehead atoms. The molecular formula is C22H21ClN2O2. The molecule has 0 aromatic heterocycles. The van der Waals surface area contributed by atoms with E-state index in [9.17, 15) is 0 Å². The molecule has 0 fully saturated rings. The van der Waals surface area contributed by atoms with Gasteiger partial charge in [0.25, 0.3) is 0 Å². The van der Waals surface area contributed by atoms with E-state index in [1.165, 1.54) is 5.56 Å². The molecule has 0 unspecified atom stereocenters. The minimum Gasteiger partial charge on any atom is -0.493 e. The van der Waals surface area contributed by atoms with Crippen LogP contribution in [0.4, 0.5) is 0 Å². The van der Waals surface area contributed by atoms with Crippen LogP contribution in [0, 0.1) is 0 Å². The van der Waals surface area contributed by atoms with Crippen LogP contribution in [0.5, 0.6) is 11.5 Å². The lowest BCUT2D eigenvalue weighted by molar-refractivity contribution is 0.284. The number of benzene rings is 3. The summed E-state index contributed by atoms with van der Waals surface area (Å²) in [6, 6.07) is 23.4. The highest BCUT2D eigenvalue weighted by atomic mass is 35.5. The van der Waals surface area contributed by atoms with Crippen LogP contribution < -0.4 is 14.9 Å². The highest BCUT2D eigenvalue weighted by molar-refractivity contribution is 6.31. The number of methoxy groups -OCH3 is 1. The third-order valence-electron chi connectivity index (χ3n) is 3.96. The van der Waals surface area contributed by atoms with E-state index in [1.54, 1.807) is 13.3 Å². The number of nitrogens with one attached hydrogen (secondary N) is 1. The van der Waals surface area contributed by atoms with Gasteiger partial charge in [-0.15, -0.1) is 0 Å². The molecule has 0 radical (unpaired) electrons. The van der Waals surface area contributed by atoms with Crippen LogP contribution in [0.2, 0.25) is 5.02 Å². The number of rotatable bonds is 8. The Morgan fingerprint density at radius 3 is 2.52 bits per heavy atom. The van der Waals surface area contributed by atoms with E-state index in [0.717, 1.165) is 11.1 Å². The predicted molar refractivity (Wildman–Crippen MR) is 110 cm³/mol. The first-order chi connectivity index (χ1) is 13.3. The first-order valence-electron chi connectivity index (χ1n) is 8.60.